The van der Waals surface area contributed by atoms with E-state index in [9.17, 15) is 14.4 Å². The number of aliphatic carboxylic acids is 1. The number of amides is 3. The van der Waals surface area contributed by atoms with Crippen molar-refractivity contribution in [1.82, 2.24) is 15.1 Å². The number of urea groups is 1. The first-order valence-corrected chi connectivity index (χ1v) is 6.83. The summed E-state index contributed by atoms with van der Waals surface area (Å²) in [4.78, 5) is 37.4. The van der Waals surface area contributed by atoms with Crippen LogP contribution in [0.15, 0.2) is 0 Å². The molecule has 0 spiro atoms. The Morgan fingerprint density at radius 2 is 1.90 bits per heavy atom. The molecule has 0 aromatic carbocycles. The molecule has 0 bridgehead atoms. The van der Waals surface area contributed by atoms with Crippen LogP contribution in [0.4, 0.5) is 4.79 Å². The van der Waals surface area contributed by atoms with Crippen LogP contribution in [0.1, 0.15) is 26.2 Å². The van der Waals surface area contributed by atoms with E-state index in [0.29, 0.717) is 25.8 Å². The van der Waals surface area contributed by atoms with Crippen LogP contribution in [0, 0.1) is 5.92 Å². The molecule has 3 amide bonds. The van der Waals surface area contributed by atoms with Crippen molar-refractivity contribution < 1.29 is 19.5 Å². The van der Waals surface area contributed by atoms with Crippen molar-refractivity contribution in [2.45, 2.75) is 32.2 Å². The van der Waals surface area contributed by atoms with Gasteiger partial charge in [-0.1, -0.05) is 0 Å². The molecule has 0 saturated heterocycles. The van der Waals surface area contributed by atoms with E-state index in [1.807, 2.05) is 0 Å². The minimum absolute atomic E-state index is 0.0322. The third-order valence-electron chi connectivity index (χ3n) is 3.60. The molecule has 0 unspecified atom stereocenters. The van der Waals surface area contributed by atoms with E-state index in [-0.39, 0.29) is 30.4 Å². The minimum Gasteiger partial charge on any atom is -0.481 e. The molecule has 20 heavy (non-hydrogen) atoms. The summed E-state index contributed by atoms with van der Waals surface area (Å²) in [5.41, 5.74) is 0. The lowest BCUT2D eigenvalue weighted by Gasteiger charge is -2.24. The molecule has 0 aliphatic heterocycles. The Morgan fingerprint density at radius 1 is 1.25 bits per heavy atom. The van der Waals surface area contributed by atoms with Crippen LogP contribution in [0.3, 0.4) is 0 Å². The van der Waals surface area contributed by atoms with E-state index in [1.54, 1.807) is 21.0 Å². The number of hydrogen-bond donors (Lipinski definition) is 2. The minimum atomic E-state index is -0.808. The predicted octanol–water partition coefficient (Wildman–Crippen LogP) is 0.359. The van der Waals surface area contributed by atoms with E-state index < -0.39 is 5.97 Å². The molecular weight excluding hydrogens is 262 g/mol. The summed E-state index contributed by atoms with van der Waals surface area (Å²) in [5, 5.41) is 11.7. The second kappa shape index (κ2) is 7.12. The molecule has 7 heteroatoms. The van der Waals surface area contributed by atoms with Gasteiger partial charge in [-0.25, -0.2) is 4.79 Å². The second-order valence-electron chi connectivity index (χ2n) is 5.30. The zero-order valence-electron chi connectivity index (χ0n) is 12.3. The molecule has 7 nitrogen and oxygen atoms in total. The summed E-state index contributed by atoms with van der Waals surface area (Å²) in [6, 6.07) is -0.425. The van der Waals surface area contributed by atoms with Crippen molar-refractivity contribution in [3.63, 3.8) is 0 Å². The fourth-order valence-corrected chi connectivity index (χ4v) is 2.23. The molecule has 0 heterocycles. The van der Waals surface area contributed by atoms with Crippen LogP contribution in [0.25, 0.3) is 0 Å². The van der Waals surface area contributed by atoms with Gasteiger partial charge in [-0.2, -0.15) is 0 Å². The highest BCUT2D eigenvalue weighted by Crippen LogP contribution is 2.25. The number of carbonyl (C=O) groups excluding carboxylic acids is 2. The average molecular weight is 285 g/mol. The van der Waals surface area contributed by atoms with Gasteiger partial charge in [0.1, 0.15) is 6.54 Å². The molecule has 0 aromatic rings. The molecule has 1 aliphatic rings. The number of rotatable bonds is 5. The van der Waals surface area contributed by atoms with Crippen LogP contribution < -0.4 is 5.32 Å². The molecule has 2 atom stereocenters. The van der Waals surface area contributed by atoms with Crippen molar-refractivity contribution in [3.8, 4) is 0 Å². The van der Waals surface area contributed by atoms with E-state index in [1.165, 1.54) is 9.80 Å². The number of likely N-dealkylation sites (N-methyl/N-ethyl adjacent to an activating group) is 2. The van der Waals surface area contributed by atoms with Crippen molar-refractivity contribution in [3.05, 3.63) is 0 Å². The van der Waals surface area contributed by atoms with E-state index in [2.05, 4.69) is 5.32 Å². The lowest BCUT2D eigenvalue weighted by molar-refractivity contribution is -0.141. The molecule has 0 radical (unpaired) electrons. The maximum atomic E-state index is 12.1. The van der Waals surface area contributed by atoms with Gasteiger partial charge in [0.15, 0.2) is 0 Å². The fourth-order valence-electron chi connectivity index (χ4n) is 2.23. The number of carboxylic acid groups (broad SMARTS) is 1. The van der Waals surface area contributed by atoms with Gasteiger partial charge in [0.05, 0.1) is 5.92 Å². The Hall–Kier alpha value is -1.79. The normalized spacial score (nSPS) is 21.4. The van der Waals surface area contributed by atoms with Gasteiger partial charge in [0.2, 0.25) is 5.91 Å². The molecule has 1 saturated carbocycles. The highest BCUT2D eigenvalue weighted by molar-refractivity contribution is 5.84. The summed E-state index contributed by atoms with van der Waals surface area (Å²) in [6.45, 7) is 2.27. The maximum absolute atomic E-state index is 12.1. The summed E-state index contributed by atoms with van der Waals surface area (Å²) in [7, 11) is 3.28. The number of nitrogens with zero attached hydrogens (tertiary/aromatic N) is 2. The number of carbonyl (C=O) groups is 3. The van der Waals surface area contributed by atoms with Gasteiger partial charge >= 0.3 is 12.0 Å². The first kappa shape index (κ1) is 16.3. The zero-order valence-corrected chi connectivity index (χ0v) is 12.3. The van der Waals surface area contributed by atoms with Crippen molar-refractivity contribution in [2.75, 3.05) is 27.2 Å². The summed E-state index contributed by atoms with van der Waals surface area (Å²) in [6.07, 6.45) is 1.71. The Balaban J connectivity index is 2.48. The van der Waals surface area contributed by atoms with E-state index in [4.69, 9.17) is 5.11 Å². The van der Waals surface area contributed by atoms with Crippen LogP contribution in [-0.2, 0) is 9.59 Å². The highest BCUT2D eigenvalue weighted by Gasteiger charge is 2.31. The summed E-state index contributed by atoms with van der Waals surface area (Å²) >= 11 is 0. The summed E-state index contributed by atoms with van der Waals surface area (Å²) < 4.78 is 0. The fraction of sp³-hybridized carbons (Fsp3) is 0.769. The third kappa shape index (κ3) is 4.40. The first-order valence-electron chi connectivity index (χ1n) is 6.83. The topological polar surface area (TPSA) is 90.0 Å². The Bertz CT molecular complexity index is 384. The molecule has 114 valence electrons. The Morgan fingerprint density at radius 3 is 2.35 bits per heavy atom. The summed E-state index contributed by atoms with van der Waals surface area (Å²) in [5.74, 6) is -1.33. The third-order valence-corrected chi connectivity index (χ3v) is 3.60. The van der Waals surface area contributed by atoms with Gasteiger partial charge < -0.3 is 20.2 Å². The molecular formula is C13H23N3O4. The zero-order chi connectivity index (χ0) is 15.3. The smallest absolute Gasteiger partial charge is 0.318 e. The molecule has 1 aliphatic carbocycles. The van der Waals surface area contributed by atoms with Gasteiger partial charge in [-0.05, 0) is 26.2 Å². The van der Waals surface area contributed by atoms with Gasteiger partial charge in [-0.3, -0.25) is 9.59 Å². The van der Waals surface area contributed by atoms with Crippen molar-refractivity contribution in [1.29, 1.82) is 0 Å². The van der Waals surface area contributed by atoms with E-state index in [0.717, 1.165) is 0 Å². The Kier molecular flexibility index (Phi) is 5.79. The van der Waals surface area contributed by atoms with Crippen LogP contribution >= 0.6 is 0 Å². The molecule has 1 rings (SSSR count). The van der Waals surface area contributed by atoms with Crippen LogP contribution in [0.5, 0.6) is 0 Å². The SMILES string of the molecule is CCN(CC(=O)N(C)C)C(=O)N[C@H]1CC[C@@H](C(=O)O)C1. The number of hydrogen-bond acceptors (Lipinski definition) is 3. The highest BCUT2D eigenvalue weighted by atomic mass is 16.4. The van der Waals surface area contributed by atoms with Crippen molar-refractivity contribution >= 4 is 17.9 Å². The monoisotopic (exact) mass is 285 g/mol. The largest absolute Gasteiger partial charge is 0.481 e. The Labute approximate surface area is 118 Å². The van der Waals surface area contributed by atoms with Gasteiger partial charge in [0.25, 0.3) is 0 Å². The van der Waals surface area contributed by atoms with Gasteiger partial charge in [0, 0.05) is 26.7 Å². The molecule has 0 aromatic heterocycles. The molecule has 2 N–H and O–H groups in total. The van der Waals surface area contributed by atoms with Gasteiger partial charge in [-0.15, -0.1) is 0 Å². The second-order valence-corrected chi connectivity index (χ2v) is 5.30. The number of carboxylic acids is 1. The van der Waals surface area contributed by atoms with Crippen molar-refractivity contribution in [2.24, 2.45) is 5.92 Å². The lowest BCUT2D eigenvalue weighted by atomic mass is 10.1. The standard InChI is InChI=1S/C13H23N3O4/c1-4-16(8-11(17)15(2)3)13(20)14-10-6-5-9(7-10)12(18)19/h9-10H,4-8H2,1-3H3,(H,14,20)(H,18,19)/t9-,10+/m1/s1. The average Bonchev–Trinajstić information content (AvgIpc) is 2.83. The maximum Gasteiger partial charge on any atom is 0.318 e. The quantitative estimate of drug-likeness (QED) is 0.763. The molecule has 1 fully saturated rings. The number of nitrogens with one attached hydrogen (secondary N) is 1. The predicted molar refractivity (Wildman–Crippen MR) is 73.2 cm³/mol. The van der Waals surface area contributed by atoms with Crippen LogP contribution in [0.2, 0.25) is 0 Å². The lowest BCUT2D eigenvalue weighted by Crippen LogP contribution is -2.47. The van der Waals surface area contributed by atoms with Crippen LogP contribution in [-0.4, -0.2) is 66.0 Å². The first-order chi connectivity index (χ1) is 9.35. The van der Waals surface area contributed by atoms with E-state index >= 15 is 0 Å².